The standard InChI is InChI=1S/C10H20N2O/c11-6-3-4-9(8-13)10-5-1-2-7-12-10/h8-10,12H,1-7,11H2. The maximum Gasteiger partial charge on any atom is 0.124 e. The van der Waals surface area contributed by atoms with Crippen molar-refractivity contribution in [3.63, 3.8) is 0 Å². The Morgan fingerprint density at radius 1 is 1.54 bits per heavy atom. The summed E-state index contributed by atoms with van der Waals surface area (Å²) in [4.78, 5) is 10.8. The zero-order valence-electron chi connectivity index (χ0n) is 8.17. The monoisotopic (exact) mass is 184 g/mol. The van der Waals surface area contributed by atoms with E-state index in [1.54, 1.807) is 0 Å². The van der Waals surface area contributed by atoms with Crippen LogP contribution in [0.1, 0.15) is 32.1 Å². The van der Waals surface area contributed by atoms with Gasteiger partial charge in [0.15, 0.2) is 0 Å². The Kier molecular flexibility index (Phi) is 5.01. The lowest BCUT2D eigenvalue weighted by atomic mass is 9.90. The molecule has 0 amide bonds. The molecular weight excluding hydrogens is 164 g/mol. The van der Waals surface area contributed by atoms with E-state index in [2.05, 4.69) is 5.32 Å². The molecule has 1 aliphatic heterocycles. The molecule has 2 unspecified atom stereocenters. The molecule has 0 aromatic heterocycles. The second-order valence-electron chi connectivity index (χ2n) is 3.79. The Hall–Kier alpha value is -0.410. The van der Waals surface area contributed by atoms with Crippen molar-refractivity contribution in [2.24, 2.45) is 11.7 Å². The lowest BCUT2D eigenvalue weighted by Crippen LogP contribution is -2.40. The zero-order chi connectivity index (χ0) is 9.52. The first-order chi connectivity index (χ1) is 6.38. The number of nitrogens with one attached hydrogen (secondary N) is 1. The van der Waals surface area contributed by atoms with E-state index in [1.807, 2.05) is 0 Å². The van der Waals surface area contributed by atoms with E-state index >= 15 is 0 Å². The van der Waals surface area contributed by atoms with Crippen molar-refractivity contribution >= 4 is 6.29 Å². The first-order valence-corrected chi connectivity index (χ1v) is 5.27. The van der Waals surface area contributed by atoms with Crippen LogP contribution in [-0.2, 0) is 4.79 Å². The molecule has 1 fully saturated rings. The summed E-state index contributed by atoms with van der Waals surface area (Å²) in [5.41, 5.74) is 5.42. The van der Waals surface area contributed by atoms with Gasteiger partial charge in [-0.05, 0) is 38.8 Å². The van der Waals surface area contributed by atoms with Crippen LogP contribution in [0.4, 0.5) is 0 Å². The van der Waals surface area contributed by atoms with Crippen LogP contribution in [0, 0.1) is 5.92 Å². The van der Waals surface area contributed by atoms with E-state index in [-0.39, 0.29) is 5.92 Å². The molecule has 3 heteroatoms. The number of piperidine rings is 1. The second kappa shape index (κ2) is 6.11. The second-order valence-corrected chi connectivity index (χ2v) is 3.79. The Balaban J connectivity index is 2.30. The molecule has 0 spiro atoms. The largest absolute Gasteiger partial charge is 0.330 e. The van der Waals surface area contributed by atoms with Crippen molar-refractivity contribution in [2.45, 2.75) is 38.1 Å². The van der Waals surface area contributed by atoms with Crippen molar-refractivity contribution in [3.05, 3.63) is 0 Å². The van der Waals surface area contributed by atoms with Crippen LogP contribution >= 0.6 is 0 Å². The Labute approximate surface area is 80.1 Å². The van der Waals surface area contributed by atoms with Crippen molar-refractivity contribution < 1.29 is 4.79 Å². The van der Waals surface area contributed by atoms with Gasteiger partial charge in [-0.25, -0.2) is 0 Å². The third-order valence-corrected chi connectivity index (χ3v) is 2.78. The Morgan fingerprint density at radius 2 is 2.38 bits per heavy atom. The first-order valence-electron chi connectivity index (χ1n) is 5.27. The molecule has 3 N–H and O–H groups in total. The molecule has 0 saturated carbocycles. The summed E-state index contributed by atoms with van der Waals surface area (Å²) >= 11 is 0. The van der Waals surface area contributed by atoms with Crippen molar-refractivity contribution in [1.29, 1.82) is 0 Å². The highest BCUT2D eigenvalue weighted by atomic mass is 16.1. The van der Waals surface area contributed by atoms with Crippen LogP contribution < -0.4 is 11.1 Å². The topological polar surface area (TPSA) is 55.1 Å². The fourth-order valence-electron chi connectivity index (χ4n) is 1.96. The van der Waals surface area contributed by atoms with Crippen molar-refractivity contribution in [1.82, 2.24) is 5.32 Å². The molecule has 3 nitrogen and oxygen atoms in total. The van der Waals surface area contributed by atoms with Gasteiger partial charge >= 0.3 is 0 Å². The fraction of sp³-hybridized carbons (Fsp3) is 0.900. The van der Waals surface area contributed by atoms with Crippen LogP contribution in [0.25, 0.3) is 0 Å². The SMILES string of the molecule is NCCCC(C=O)C1CCCCN1. The predicted molar refractivity (Wildman–Crippen MR) is 53.5 cm³/mol. The number of carbonyl (C=O) groups is 1. The van der Waals surface area contributed by atoms with Gasteiger partial charge in [0.2, 0.25) is 0 Å². The molecule has 0 radical (unpaired) electrons. The minimum atomic E-state index is 0.184. The molecular formula is C10H20N2O. The number of rotatable bonds is 5. The summed E-state index contributed by atoms with van der Waals surface area (Å²) < 4.78 is 0. The van der Waals surface area contributed by atoms with Gasteiger partial charge in [-0.15, -0.1) is 0 Å². The maximum atomic E-state index is 10.8. The highest BCUT2D eigenvalue weighted by Crippen LogP contribution is 2.17. The fourth-order valence-corrected chi connectivity index (χ4v) is 1.96. The number of hydrogen-bond acceptors (Lipinski definition) is 3. The van der Waals surface area contributed by atoms with E-state index in [9.17, 15) is 4.79 Å². The minimum absolute atomic E-state index is 0.184. The van der Waals surface area contributed by atoms with Gasteiger partial charge in [-0.1, -0.05) is 6.42 Å². The highest BCUT2D eigenvalue weighted by molar-refractivity contribution is 5.54. The van der Waals surface area contributed by atoms with Gasteiger partial charge in [0.05, 0.1) is 0 Å². The summed E-state index contributed by atoms with van der Waals surface area (Å²) in [6, 6.07) is 0.415. The third-order valence-electron chi connectivity index (χ3n) is 2.78. The van der Waals surface area contributed by atoms with Gasteiger partial charge in [0.1, 0.15) is 6.29 Å². The number of carbonyl (C=O) groups excluding carboxylic acids is 1. The summed E-state index contributed by atoms with van der Waals surface area (Å²) in [7, 11) is 0. The van der Waals surface area contributed by atoms with Crippen LogP contribution in [-0.4, -0.2) is 25.4 Å². The van der Waals surface area contributed by atoms with E-state index in [0.717, 1.165) is 32.1 Å². The molecule has 1 saturated heterocycles. The lowest BCUT2D eigenvalue weighted by Gasteiger charge is -2.28. The summed E-state index contributed by atoms with van der Waals surface area (Å²) in [6.45, 7) is 1.76. The average molecular weight is 184 g/mol. The molecule has 0 aliphatic carbocycles. The predicted octanol–water partition coefficient (Wildman–Crippen LogP) is 0.682. The summed E-state index contributed by atoms with van der Waals surface area (Å²) in [5, 5.41) is 3.41. The first kappa shape index (κ1) is 10.7. The minimum Gasteiger partial charge on any atom is -0.330 e. The molecule has 1 aliphatic rings. The van der Waals surface area contributed by atoms with Crippen molar-refractivity contribution in [2.75, 3.05) is 13.1 Å². The third kappa shape index (κ3) is 3.44. The average Bonchev–Trinajstić information content (AvgIpc) is 2.21. The Morgan fingerprint density at radius 3 is 2.92 bits per heavy atom. The lowest BCUT2D eigenvalue weighted by molar-refractivity contribution is -0.112. The normalized spacial score (nSPS) is 25.5. The molecule has 13 heavy (non-hydrogen) atoms. The number of hydrogen-bond donors (Lipinski definition) is 2. The smallest absolute Gasteiger partial charge is 0.124 e. The van der Waals surface area contributed by atoms with Crippen LogP contribution in [0.5, 0.6) is 0 Å². The molecule has 0 bridgehead atoms. The maximum absolute atomic E-state index is 10.8. The molecule has 1 rings (SSSR count). The zero-order valence-corrected chi connectivity index (χ0v) is 8.17. The summed E-state index contributed by atoms with van der Waals surface area (Å²) in [5.74, 6) is 0.184. The van der Waals surface area contributed by atoms with Gasteiger partial charge in [0.25, 0.3) is 0 Å². The van der Waals surface area contributed by atoms with Gasteiger partial charge < -0.3 is 15.8 Å². The van der Waals surface area contributed by atoms with E-state index in [0.29, 0.717) is 12.6 Å². The molecule has 1 heterocycles. The number of aldehydes is 1. The van der Waals surface area contributed by atoms with E-state index in [1.165, 1.54) is 12.8 Å². The molecule has 76 valence electrons. The Bertz CT molecular complexity index is 144. The van der Waals surface area contributed by atoms with Gasteiger partial charge in [-0.2, -0.15) is 0 Å². The molecule has 2 atom stereocenters. The summed E-state index contributed by atoms with van der Waals surface area (Å²) in [6.07, 6.45) is 6.65. The van der Waals surface area contributed by atoms with Crippen LogP contribution in [0.15, 0.2) is 0 Å². The highest BCUT2D eigenvalue weighted by Gasteiger charge is 2.21. The van der Waals surface area contributed by atoms with Crippen LogP contribution in [0.2, 0.25) is 0 Å². The molecule has 0 aromatic carbocycles. The van der Waals surface area contributed by atoms with Crippen LogP contribution in [0.3, 0.4) is 0 Å². The van der Waals surface area contributed by atoms with E-state index in [4.69, 9.17) is 5.73 Å². The van der Waals surface area contributed by atoms with Crippen molar-refractivity contribution in [3.8, 4) is 0 Å². The number of nitrogens with two attached hydrogens (primary N) is 1. The van der Waals surface area contributed by atoms with Gasteiger partial charge in [0, 0.05) is 12.0 Å². The van der Waals surface area contributed by atoms with E-state index < -0.39 is 0 Å². The molecule has 0 aromatic rings. The van der Waals surface area contributed by atoms with Gasteiger partial charge in [-0.3, -0.25) is 0 Å². The quantitative estimate of drug-likeness (QED) is 0.618.